The Morgan fingerprint density at radius 3 is 2.14 bits per heavy atom. The van der Waals surface area contributed by atoms with Gasteiger partial charge in [0.15, 0.2) is 6.10 Å². The lowest BCUT2D eigenvalue weighted by molar-refractivity contribution is -0.147. The molecular formula is C22H22N2O4. The van der Waals surface area contributed by atoms with Gasteiger partial charge in [0.05, 0.1) is 0 Å². The van der Waals surface area contributed by atoms with Crippen molar-refractivity contribution < 1.29 is 19.1 Å². The normalized spacial score (nSPS) is 17.3. The number of carbonyl (C=O) groups excluding carboxylic acids is 3. The van der Waals surface area contributed by atoms with Crippen LogP contribution in [0.2, 0.25) is 0 Å². The third-order valence-electron chi connectivity index (χ3n) is 5.23. The van der Waals surface area contributed by atoms with E-state index in [9.17, 15) is 14.4 Å². The molecule has 1 aliphatic carbocycles. The second kappa shape index (κ2) is 6.78. The van der Waals surface area contributed by atoms with Gasteiger partial charge in [-0.1, -0.05) is 48.5 Å². The molecule has 6 heteroatoms. The van der Waals surface area contributed by atoms with Gasteiger partial charge in [0.1, 0.15) is 5.54 Å². The predicted octanol–water partition coefficient (Wildman–Crippen LogP) is 3.41. The van der Waals surface area contributed by atoms with Gasteiger partial charge in [0.25, 0.3) is 5.91 Å². The van der Waals surface area contributed by atoms with E-state index in [0.717, 1.165) is 27.2 Å². The van der Waals surface area contributed by atoms with Crippen LogP contribution in [0.5, 0.6) is 0 Å². The fourth-order valence-electron chi connectivity index (χ4n) is 3.83. The molecule has 2 aliphatic rings. The monoisotopic (exact) mass is 378 g/mol. The molecule has 0 unspecified atom stereocenters. The number of hydrogen-bond acceptors (Lipinski definition) is 4. The number of rotatable bonds is 5. The van der Waals surface area contributed by atoms with Gasteiger partial charge < -0.3 is 10.1 Å². The summed E-state index contributed by atoms with van der Waals surface area (Å²) in [4.78, 5) is 37.7. The van der Waals surface area contributed by atoms with Gasteiger partial charge in [-0.3, -0.25) is 14.5 Å². The van der Waals surface area contributed by atoms with Crippen LogP contribution in [0, 0.1) is 0 Å². The first-order valence-corrected chi connectivity index (χ1v) is 9.40. The highest BCUT2D eigenvalue weighted by Gasteiger charge is 2.43. The molecule has 0 bridgehead atoms. The van der Waals surface area contributed by atoms with E-state index in [1.807, 2.05) is 48.5 Å². The Morgan fingerprint density at radius 1 is 1.04 bits per heavy atom. The minimum absolute atomic E-state index is 0.137. The van der Waals surface area contributed by atoms with Crippen molar-refractivity contribution in [3.05, 3.63) is 59.7 Å². The molecule has 0 saturated carbocycles. The quantitative estimate of drug-likeness (QED) is 0.639. The van der Waals surface area contributed by atoms with Crippen molar-refractivity contribution in [3.8, 4) is 11.1 Å². The molecule has 0 spiro atoms. The van der Waals surface area contributed by atoms with E-state index in [1.54, 1.807) is 13.8 Å². The summed E-state index contributed by atoms with van der Waals surface area (Å²) in [5.74, 6) is -0.618. The summed E-state index contributed by atoms with van der Waals surface area (Å²) in [6, 6.07) is 15.4. The van der Waals surface area contributed by atoms with Crippen molar-refractivity contribution in [3.63, 3.8) is 0 Å². The third-order valence-corrected chi connectivity index (χ3v) is 5.23. The van der Waals surface area contributed by atoms with Crippen LogP contribution in [0.25, 0.3) is 11.1 Å². The van der Waals surface area contributed by atoms with E-state index in [-0.39, 0.29) is 24.8 Å². The van der Waals surface area contributed by atoms with Gasteiger partial charge in [-0.15, -0.1) is 0 Å². The number of carbonyl (C=O) groups is 3. The Balaban J connectivity index is 1.40. The first-order valence-electron chi connectivity index (χ1n) is 9.40. The van der Waals surface area contributed by atoms with Crippen molar-refractivity contribution in [2.24, 2.45) is 0 Å². The van der Waals surface area contributed by atoms with Gasteiger partial charge in [0.2, 0.25) is 0 Å². The zero-order valence-corrected chi connectivity index (χ0v) is 15.9. The Hall–Kier alpha value is -3.15. The standard InChI is InChI=1S/C22H22N2O4/c1-22(2)20(26)24(21(27)23-22)13-7-12-18(25)28-19-16-10-5-3-8-14(16)15-9-4-6-11-17(15)19/h3-6,8-11,19H,7,12-13H2,1-2H3,(H,23,27). The summed E-state index contributed by atoms with van der Waals surface area (Å²) in [5, 5.41) is 2.63. The number of amides is 3. The number of esters is 1. The van der Waals surface area contributed by atoms with Crippen LogP contribution in [0.3, 0.4) is 0 Å². The predicted molar refractivity (Wildman–Crippen MR) is 103 cm³/mol. The van der Waals surface area contributed by atoms with E-state index in [0.29, 0.717) is 6.42 Å². The molecule has 3 amide bonds. The Bertz CT molecular complexity index is 921. The fraction of sp³-hybridized carbons (Fsp3) is 0.318. The highest BCUT2D eigenvalue weighted by molar-refractivity contribution is 6.06. The lowest BCUT2D eigenvalue weighted by atomic mass is 10.1. The van der Waals surface area contributed by atoms with Crippen molar-refractivity contribution in [1.82, 2.24) is 10.2 Å². The molecule has 0 atom stereocenters. The fourth-order valence-corrected chi connectivity index (χ4v) is 3.83. The molecule has 6 nitrogen and oxygen atoms in total. The molecule has 1 fully saturated rings. The zero-order chi connectivity index (χ0) is 19.9. The van der Waals surface area contributed by atoms with Crippen LogP contribution < -0.4 is 5.32 Å². The zero-order valence-electron chi connectivity index (χ0n) is 15.9. The number of nitrogens with one attached hydrogen (secondary N) is 1. The summed E-state index contributed by atoms with van der Waals surface area (Å²) < 4.78 is 5.78. The van der Waals surface area contributed by atoms with Crippen molar-refractivity contribution in [2.45, 2.75) is 38.3 Å². The first-order chi connectivity index (χ1) is 13.4. The molecule has 0 radical (unpaired) electrons. The highest BCUT2D eigenvalue weighted by Crippen LogP contribution is 2.45. The minimum atomic E-state index is -0.894. The first kappa shape index (κ1) is 18.2. The average molecular weight is 378 g/mol. The van der Waals surface area contributed by atoms with Gasteiger partial charge >= 0.3 is 12.0 Å². The molecule has 4 rings (SSSR count). The summed E-state index contributed by atoms with van der Waals surface area (Å²) in [7, 11) is 0. The second-order valence-corrected chi connectivity index (χ2v) is 7.66. The largest absolute Gasteiger partial charge is 0.452 e. The van der Waals surface area contributed by atoms with Crippen molar-refractivity contribution in [1.29, 1.82) is 0 Å². The topological polar surface area (TPSA) is 75.7 Å². The van der Waals surface area contributed by atoms with Gasteiger partial charge in [0, 0.05) is 24.1 Å². The lowest BCUT2D eigenvalue weighted by Crippen LogP contribution is -2.40. The SMILES string of the molecule is CC1(C)NC(=O)N(CCCC(=O)OC2c3ccccc3-c3ccccc32)C1=O. The van der Waals surface area contributed by atoms with Crippen LogP contribution in [-0.2, 0) is 14.3 Å². The molecule has 1 heterocycles. The average Bonchev–Trinajstić information content (AvgIpc) is 3.08. The van der Waals surface area contributed by atoms with Crippen LogP contribution in [-0.4, -0.2) is 34.9 Å². The number of nitrogens with zero attached hydrogens (tertiary/aromatic N) is 1. The summed E-state index contributed by atoms with van der Waals surface area (Å²) in [5.41, 5.74) is 3.23. The van der Waals surface area contributed by atoms with Gasteiger partial charge in [-0.2, -0.15) is 0 Å². The number of ether oxygens (including phenoxy) is 1. The van der Waals surface area contributed by atoms with Gasteiger partial charge in [-0.05, 0) is 31.4 Å². The van der Waals surface area contributed by atoms with E-state index < -0.39 is 17.7 Å². The van der Waals surface area contributed by atoms with Crippen LogP contribution in [0.15, 0.2) is 48.5 Å². The highest BCUT2D eigenvalue weighted by atomic mass is 16.5. The maximum Gasteiger partial charge on any atom is 0.325 e. The molecule has 144 valence electrons. The number of urea groups is 1. The molecule has 1 saturated heterocycles. The molecule has 28 heavy (non-hydrogen) atoms. The third kappa shape index (κ3) is 3.05. The second-order valence-electron chi connectivity index (χ2n) is 7.66. The molecule has 2 aromatic rings. The number of hydrogen-bond donors (Lipinski definition) is 1. The summed E-state index contributed by atoms with van der Waals surface area (Å²) >= 11 is 0. The van der Waals surface area contributed by atoms with E-state index >= 15 is 0 Å². The lowest BCUT2D eigenvalue weighted by Gasteiger charge is -2.17. The number of benzene rings is 2. The molecule has 2 aromatic carbocycles. The van der Waals surface area contributed by atoms with Gasteiger partial charge in [-0.25, -0.2) is 4.79 Å². The van der Waals surface area contributed by atoms with E-state index in [4.69, 9.17) is 4.74 Å². The van der Waals surface area contributed by atoms with Crippen molar-refractivity contribution >= 4 is 17.9 Å². The van der Waals surface area contributed by atoms with Crippen LogP contribution >= 0.6 is 0 Å². The molecular weight excluding hydrogens is 356 g/mol. The Morgan fingerprint density at radius 2 is 1.61 bits per heavy atom. The summed E-state index contributed by atoms with van der Waals surface area (Å²) in [6.07, 6.45) is 0.0816. The molecule has 0 aromatic heterocycles. The van der Waals surface area contributed by atoms with Crippen LogP contribution in [0.4, 0.5) is 4.79 Å². The maximum absolute atomic E-state index is 12.5. The Kier molecular flexibility index (Phi) is 4.41. The molecule has 1 N–H and O–H groups in total. The van der Waals surface area contributed by atoms with Crippen molar-refractivity contribution in [2.75, 3.05) is 6.54 Å². The van der Waals surface area contributed by atoms with E-state index in [1.165, 1.54) is 0 Å². The number of imide groups is 1. The van der Waals surface area contributed by atoms with E-state index in [2.05, 4.69) is 5.32 Å². The summed E-state index contributed by atoms with van der Waals surface area (Å²) in [6.45, 7) is 3.52. The molecule has 1 aliphatic heterocycles. The number of fused-ring (bicyclic) bond motifs is 3. The van der Waals surface area contributed by atoms with Crippen LogP contribution in [0.1, 0.15) is 43.9 Å². The Labute approximate surface area is 163 Å². The minimum Gasteiger partial charge on any atom is -0.452 e. The maximum atomic E-state index is 12.5. The smallest absolute Gasteiger partial charge is 0.325 e.